The van der Waals surface area contributed by atoms with Gasteiger partial charge in [-0.25, -0.2) is 0 Å². The van der Waals surface area contributed by atoms with Gasteiger partial charge in [0.05, 0.1) is 0 Å². The van der Waals surface area contributed by atoms with E-state index in [2.05, 4.69) is 13.0 Å². The van der Waals surface area contributed by atoms with Crippen molar-refractivity contribution in [2.24, 2.45) is 11.7 Å². The van der Waals surface area contributed by atoms with E-state index in [9.17, 15) is 0 Å². The van der Waals surface area contributed by atoms with Gasteiger partial charge in [0.15, 0.2) is 0 Å². The summed E-state index contributed by atoms with van der Waals surface area (Å²) in [6.07, 6.45) is 6.60. The molecule has 0 saturated heterocycles. The van der Waals surface area contributed by atoms with Crippen LogP contribution < -0.4 is 10.5 Å². The first-order valence-electron chi connectivity index (χ1n) is 6.71. The molecule has 94 valence electrons. The summed E-state index contributed by atoms with van der Waals surface area (Å²) in [6, 6.07) is 8.32. The summed E-state index contributed by atoms with van der Waals surface area (Å²) < 4.78 is 5.83. The van der Waals surface area contributed by atoms with Crippen LogP contribution >= 0.6 is 0 Å². The zero-order chi connectivity index (χ0) is 12.1. The maximum absolute atomic E-state index is 6.22. The molecule has 2 N–H and O–H groups in total. The minimum Gasteiger partial charge on any atom is -0.492 e. The smallest absolute Gasteiger partial charge is 0.122 e. The number of ether oxygens (including phenoxy) is 1. The summed E-state index contributed by atoms with van der Waals surface area (Å²) in [5, 5.41) is 0. The van der Waals surface area contributed by atoms with Crippen LogP contribution in [0.5, 0.6) is 5.75 Å². The number of para-hydroxylation sites is 1. The van der Waals surface area contributed by atoms with Gasteiger partial charge in [-0.15, -0.1) is 0 Å². The molecule has 2 rings (SSSR count). The number of hydrogen-bond acceptors (Lipinski definition) is 2. The third kappa shape index (κ3) is 3.47. The molecule has 1 aromatic carbocycles. The lowest BCUT2D eigenvalue weighted by Gasteiger charge is -2.27. The third-order valence-corrected chi connectivity index (χ3v) is 3.78. The second kappa shape index (κ2) is 6.06. The first-order valence-corrected chi connectivity index (χ1v) is 6.71. The Kier molecular flexibility index (Phi) is 4.43. The Hall–Kier alpha value is -1.02. The molecule has 2 heteroatoms. The predicted molar refractivity (Wildman–Crippen MR) is 71.2 cm³/mol. The molecule has 0 aliphatic heterocycles. The molecule has 0 amide bonds. The summed E-state index contributed by atoms with van der Waals surface area (Å²) in [4.78, 5) is 0. The molecule has 2 nitrogen and oxygen atoms in total. The van der Waals surface area contributed by atoms with Gasteiger partial charge in [-0.3, -0.25) is 0 Å². The van der Waals surface area contributed by atoms with E-state index in [1.54, 1.807) is 0 Å². The van der Waals surface area contributed by atoms with Gasteiger partial charge in [-0.05, 0) is 37.3 Å². The van der Waals surface area contributed by atoms with Gasteiger partial charge in [-0.2, -0.15) is 0 Å². The Morgan fingerprint density at radius 1 is 1.24 bits per heavy atom. The van der Waals surface area contributed by atoms with Gasteiger partial charge in [0.2, 0.25) is 0 Å². The van der Waals surface area contributed by atoms with Crippen molar-refractivity contribution in [1.82, 2.24) is 0 Å². The van der Waals surface area contributed by atoms with Crippen molar-refractivity contribution in [2.45, 2.75) is 45.1 Å². The van der Waals surface area contributed by atoms with Crippen molar-refractivity contribution in [3.05, 3.63) is 29.8 Å². The fraction of sp³-hybridized carbons (Fsp3) is 0.600. The molecule has 17 heavy (non-hydrogen) atoms. The molecule has 1 aliphatic carbocycles. The fourth-order valence-corrected chi connectivity index (χ4v) is 2.60. The average molecular weight is 233 g/mol. The van der Waals surface area contributed by atoms with Gasteiger partial charge in [0, 0.05) is 6.04 Å². The molecule has 1 unspecified atom stereocenters. The first kappa shape index (κ1) is 12.4. The summed E-state index contributed by atoms with van der Waals surface area (Å²) >= 11 is 0. The standard InChI is InChI=1S/C15H23NO/c1-12-7-5-6-10-15(12)17-11-14(16)13-8-3-2-4-9-13/h5-7,10,13-14H,2-4,8-9,11,16H2,1H3. The molecule has 0 spiro atoms. The Morgan fingerprint density at radius 3 is 2.65 bits per heavy atom. The molecule has 0 radical (unpaired) electrons. The lowest BCUT2D eigenvalue weighted by Crippen LogP contribution is -2.37. The van der Waals surface area contributed by atoms with Crippen LogP contribution in [-0.4, -0.2) is 12.6 Å². The molecule has 1 atom stereocenters. The monoisotopic (exact) mass is 233 g/mol. The number of hydrogen-bond donors (Lipinski definition) is 1. The van der Waals surface area contributed by atoms with Crippen molar-refractivity contribution in [3.63, 3.8) is 0 Å². The Balaban J connectivity index is 1.83. The summed E-state index contributed by atoms with van der Waals surface area (Å²) in [7, 11) is 0. The predicted octanol–water partition coefficient (Wildman–Crippen LogP) is 3.28. The van der Waals surface area contributed by atoms with E-state index in [1.807, 2.05) is 18.2 Å². The Morgan fingerprint density at radius 2 is 1.94 bits per heavy atom. The van der Waals surface area contributed by atoms with Crippen LogP contribution in [0.4, 0.5) is 0 Å². The van der Waals surface area contributed by atoms with Crippen LogP contribution in [0.3, 0.4) is 0 Å². The SMILES string of the molecule is Cc1ccccc1OCC(N)C1CCCCC1. The molecular formula is C15H23NO. The van der Waals surface area contributed by atoms with Gasteiger partial charge in [-0.1, -0.05) is 37.5 Å². The number of benzene rings is 1. The molecule has 0 bridgehead atoms. The van der Waals surface area contributed by atoms with Crippen LogP contribution in [0.25, 0.3) is 0 Å². The van der Waals surface area contributed by atoms with Gasteiger partial charge < -0.3 is 10.5 Å². The third-order valence-electron chi connectivity index (χ3n) is 3.78. The molecular weight excluding hydrogens is 210 g/mol. The van der Waals surface area contributed by atoms with Crippen LogP contribution in [0.2, 0.25) is 0 Å². The van der Waals surface area contributed by atoms with Gasteiger partial charge in [0.1, 0.15) is 12.4 Å². The maximum atomic E-state index is 6.22. The highest BCUT2D eigenvalue weighted by Gasteiger charge is 2.20. The van der Waals surface area contributed by atoms with Crippen LogP contribution in [-0.2, 0) is 0 Å². The van der Waals surface area contributed by atoms with Crippen LogP contribution in [0, 0.1) is 12.8 Å². The Bertz CT molecular complexity index is 345. The van der Waals surface area contributed by atoms with E-state index < -0.39 is 0 Å². The minimum absolute atomic E-state index is 0.190. The molecule has 1 saturated carbocycles. The average Bonchev–Trinajstić information content (AvgIpc) is 2.38. The quantitative estimate of drug-likeness (QED) is 0.866. The topological polar surface area (TPSA) is 35.2 Å². The fourth-order valence-electron chi connectivity index (χ4n) is 2.60. The van der Waals surface area contributed by atoms with Crippen molar-refractivity contribution in [2.75, 3.05) is 6.61 Å². The van der Waals surface area contributed by atoms with Crippen molar-refractivity contribution >= 4 is 0 Å². The zero-order valence-electron chi connectivity index (χ0n) is 10.7. The highest BCUT2D eigenvalue weighted by atomic mass is 16.5. The minimum atomic E-state index is 0.190. The number of aryl methyl sites for hydroxylation is 1. The maximum Gasteiger partial charge on any atom is 0.122 e. The van der Waals surface area contributed by atoms with E-state index in [-0.39, 0.29) is 6.04 Å². The van der Waals surface area contributed by atoms with E-state index in [4.69, 9.17) is 10.5 Å². The second-order valence-corrected chi connectivity index (χ2v) is 5.14. The highest BCUT2D eigenvalue weighted by Crippen LogP contribution is 2.26. The van der Waals surface area contributed by atoms with Crippen molar-refractivity contribution < 1.29 is 4.74 Å². The summed E-state index contributed by atoms with van der Waals surface area (Å²) in [5.41, 5.74) is 7.40. The second-order valence-electron chi connectivity index (χ2n) is 5.14. The molecule has 1 aliphatic rings. The lowest BCUT2D eigenvalue weighted by molar-refractivity contribution is 0.213. The van der Waals surface area contributed by atoms with Gasteiger partial charge in [0.25, 0.3) is 0 Å². The molecule has 1 aromatic rings. The largest absolute Gasteiger partial charge is 0.492 e. The van der Waals surface area contributed by atoms with Gasteiger partial charge >= 0.3 is 0 Å². The summed E-state index contributed by atoms with van der Waals surface area (Å²) in [6.45, 7) is 2.72. The molecule has 0 aromatic heterocycles. The summed E-state index contributed by atoms with van der Waals surface area (Å²) in [5.74, 6) is 1.63. The van der Waals surface area contributed by atoms with E-state index in [0.717, 1.165) is 5.75 Å². The van der Waals surface area contributed by atoms with E-state index >= 15 is 0 Å². The molecule has 1 fully saturated rings. The van der Waals surface area contributed by atoms with Crippen molar-refractivity contribution in [3.8, 4) is 5.75 Å². The van der Waals surface area contributed by atoms with Crippen LogP contribution in [0.15, 0.2) is 24.3 Å². The van der Waals surface area contributed by atoms with Crippen LogP contribution in [0.1, 0.15) is 37.7 Å². The number of nitrogens with two attached hydrogens (primary N) is 1. The van der Waals surface area contributed by atoms with Crippen molar-refractivity contribution in [1.29, 1.82) is 0 Å². The highest BCUT2D eigenvalue weighted by molar-refractivity contribution is 5.31. The van der Waals surface area contributed by atoms with E-state index in [0.29, 0.717) is 12.5 Å². The molecule has 0 heterocycles. The first-order chi connectivity index (χ1) is 8.27. The normalized spacial score (nSPS) is 18.9. The van der Waals surface area contributed by atoms with E-state index in [1.165, 1.54) is 37.7 Å². The zero-order valence-corrected chi connectivity index (χ0v) is 10.7. The number of rotatable bonds is 4. The lowest BCUT2D eigenvalue weighted by atomic mass is 9.84. The Labute approximate surface area is 104 Å².